The summed E-state index contributed by atoms with van der Waals surface area (Å²) in [6, 6.07) is 6.31. The van der Waals surface area contributed by atoms with E-state index in [0.29, 0.717) is 11.8 Å². The lowest BCUT2D eigenvalue weighted by atomic mass is 9.86. The molecule has 2 aliphatic rings. The van der Waals surface area contributed by atoms with Crippen LogP contribution in [0.2, 0.25) is 0 Å². The maximum Gasteiger partial charge on any atom is 0.127 e. The number of para-hydroxylation sites is 1. The number of phenols is 1. The van der Waals surface area contributed by atoms with Crippen molar-refractivity contribution in [2.75, 3.05) is 0 Å². The van der Waals surface area contributed by atoms with Gasteiger partial charge in [-0.25, -0.2) is 0 Å². The van der Waals surface area contributed by atoms with E-state index in [4.69, 9.17) is 4.99 Å². The van der Waals surface area contributed by atoms with Gasteiger partial charge in [0.15, 0.2) is 0 Å². The van der Waals surface area contributed by atoms with Crippen molar-refractivity contribution in [1.29, 1.82) is 0 Å². The van der Waals surface area contributed by atoms with E-state index in [1.54, 1.807) is 0 Å². The summed E-state index contributed by atoms with van der Waals surface area (Å²) in [5.41, 5.74) is 1.77. The van der Waals surface area contributed by atoms with Crippen LogP contribution in [0.15, 0.2) is 23.2 Å². The molecular weight excluding hydrogens is 222 g/mol. The van der Waals surface area contributed by atoms with Gasteiger partial charge in [-0.3, -0.25) is 4.99 Å². The van der Waals surface area contributed by atoms with E-state index in [0.717, 1.165) is 23.0 Å². The number of benzene rings is 1. The molecule has 2 fully saturated rings. The molecule has 3 rings (SSSR count). The van der Waals surface area contributed by atoms with Crippen molar-refractivity contribution in [2.24, 2.45) is 16.8 Å². The average molecular weight is 243 g/mol. The molecule has 2 aliphatic carbocycles. The lowest BCUT2D eigenvalue weighted by Gasteiger charge is -2.24. The number of nitrogens with zero attached hydrogens (tertiary/aromatic N) is 1. The number of hydrogen-bond donors (Lipinski definition) is 1. The third-order valence-electron chi connectivity index (χ3n) is 4.55. The van der Waals surface area contributed by atoms with Crippen LogP contribution in [0.3, 0.4) is 0 Å². The molecule has 0 amide bonds. The zero-order valence-electron chi connectivity index (χ0n) is 11.0. The van der Waals surface area contributed by atoms with Crippen LogP contribution < -0.4 is 0 Å². The maximum atomic E-state index is 9.95. The molecule has 2 nitrogen and oxygen atoms in total. The van der Waals surface area contributed by atoms with Crippen molar-refractivity contribution in [3.63, 3.8) is 0 Å². The van der Waals surface area contributed by atoms with Crippen LogP contribution in [-0.4, -0.2) is 17.4 Å². The molecule has 1 aromatic rings. The molecular formula is C16H21NO. The first kappa shape index (κ1) is 11.8. The Morgan fingerprint density at radius 3 is 2.61 bits per heavy atom. The van der Waals surface area contributed by atoms with Gasteiger partial charge >= 0.3 is 0 Å². The summed E-state index contributed by atoms with van der Waals surface area (Å²) < 4.78 is 0. The molecule has 18 heavy (non-hydrogen) atoms. The summed E-state index contributed by atoms with van der Waals surface area (Å²) in [4.78, 5) is 4.71. The van der Waals surface area contributed by atoms with E-state index in [1.165, 1.54) is 32.1 Å². The minimum atomic E-state index is 0.375. The first-order valence-corrected chi connectivity index (χ1v) is 7.04. The molecule has 2 heteroatoms. The number of rotatable bonds is 2. The van der Waals surface area contributed by atoms with Gasteiger partial charge < -0.3 is 5.11 Å². The fraction of sp³-hybridized carbons (Fsp3) is 0.562. The Morgan fingerprint density at radius 1 is 1.17 bits per heavy atom. The zero-order valence-corrected chi connectivity index (χ0v) is 11.0. The lowest BCUT2D eigenvalue weighted by molar-refractivity contribution is 0.322. The maximum absolute atomic E-state index is 9.95. The molecule has 2 unspecified atom stereocenters. The average Bonchev–Trinajstić information content (AvgIpc) is 2.71. The SMILES string of the molecule is Cc1cccc(C=NC2CC3CCC(C3)C2)c1O. The highest BCUT2D eigenvalue weighted by atomic mass is 16.3. The van der Waals surface area contributed by atoms with Crippen molar-refractivity contribution < 1.29 is 5.11 Å². The lowest BCUT2D eigenvalue weighted by Crippen LogP contribution is -2.18. The van der Waals surface area contributed by atoms with Crippen molar-refractivity contribution in [1.82, 2.24) is 0 Å². The van der Waals surface area contributed by atoms with Gasteiger partial charge in [-0.2, -0.15) is 0 Å². The normalized spacial score (nSPS) is 31.1. The molecule has 0 aromatic heterocycles. The Morgan fingerprint density at radius 2 is 1.89 bits per heavy atom. The fourth-order valence-corrected chi connectivity index (χ4v) is 3.57. The van der Waals surface area contributed by atoms with Crippen molar-refractivity contribution in [3.8, 4) is 5.75 Å². The number of aryl methyl sites for hydroxylation is 1. The van der Waals surface area contributed by atoms with Gasteiger partial charge in [-0.1, -0.05) is 25.0 Å². The largest absolute Gasteiger partial charge is 0.507 e. The molecule has 2 bridgehead atoms. The minimum absolute atomic E-state index is 0.375. The predicted molar refractivity (Wildman–Crippen MR) is 74.3 cm³/mol. The predicted octanol–water partition coefficient (Wildman–Crippen LogP) is 3.70. The topological polar surface area (TPSA) is 32.6 Å². The van der Waals surface area contributed by atoms with Crippen LogP contribution in [0.25, 0.3) is 0 Å². The Hall–Kier alpha value is -1.31. The van der Waals surface area contributed by atoms with E-state index >= 15 is 0 Å². The first-order chi connectivity index (χ1) is 8.72. The van der Waals surface area contributed by atoms with E-state index in [-0.39, 0.29) is 0 Å². The number of aromatic hydroxyl groups is 1. The second kappa shape index (κ2) is 4.75. The molecule has 96 valence electrons. The number of aliphatic imine (C=N–C) groups is 1. The van der Waals surface area contributed by atoms with Crippen LogP contribution >= 0.6 is 0 Å². The standard InChI is InChI=1S/C16H21NO/c1-11-3-2-4-14(16(11)18)10-17-15-8-12-5-6-13(7-12)9-15/h2-4,10,12-13,15,18H,5-9H2,1H3. The van der Waals surface area contributed by atoms with Gasteiger partial charge in [-0.05, 0) is 49.7 Å². The molecule has 0 saturated heterocycles. The number of hydrogen-bond acceptors (Lipinski definition) is 2. The van der Waals surface area contributed by atoms with Crippen LogP contribution in [0.4, 0.5) is 0 Å². The number of fused-ring (bicyclic) bond motifs is 2. The van der Waals surface area contributed by atoms with Crippen LogP contribution in [0.5, 0.6) is 5.75 Å². The molecule has 2 saturated carbocycles. The molecule has 0 heterocycles. The Balaban J connectivity index is 1.72. The van der Waals surface area contributed by atoms with Crippen molar-refractivity contribution in [3.05, 3.63) is 29.3 Å². The molecule has 0 radical (unpaired) electrons. The van der Waals surface area contributed by atoms with Gasteiger partial charge in [0, 0.05) is 11.8 Å². The van der Waals surface area contributed by atoms with Gasteiger partial charge in [-0.15, -0.1) is 0 Å². The first-order valence-electron chi connectivity index (χ1n) is 7.04. The summed E-state index contributed by atoms with van der Waals surface area (Å²) in [6.07, 6.45) is 8.62. The van der Waals surface area contributed by atoms with Crippen molar-refractivity contribution in [2.45, 2.75) is 45.1 Å². The summed E-state index contributed by atoms with van der Waals surface area (Å²) >= 11 is 0. The van der Waals surface area contributed by atoms with E-state index in [1.807, 2.05) is 31.3 Å². The molecule has 0 aliphatic heterocycles. The molecule has 0 spiro atoms. The fourth-order valence-electron chi connectivity index (χ4n) is 3.57. The summed E-state index contributed by atoms with van der Waals surface area (Å²) in [7, 11) is 0. The van der Waals surface area contributed by atoms with Crippen LogP contribution in [0.1, 0.15) is 43.2 Å². The zero-order chi connectivity index (χ0) is 12.5. The van der Waals surface area contributed by atoms with Crippen molar-refractivity contribution >= 4 is 6.21 Å². The monoisotopic (exact) mass is 243 g/mol. The summed E-state index contributed by atoms with van der Waals surface area (Å²) in [6.45, 7) is 1.92. The molecule has 1 N–H and O–H groups in total. The summed E-state index contributed by atoms with van der Waals surface area (Å²) in [5, 5.41) is 9.95. The van der Waals surface area contributed by atoms with Gasteiger partial charge in [0.2, 0.25) is 0 Å². The quantitative estimate of drug-likeness (QED) is 0.789. The highest BCUT2D eigenvalue weighted by molar-refractivity contribution is 5.84. The van der Waals surface area contributed by atoms with Crippen LogP contribution in [-0.2, 0) is 0 Å². The Labute approximate surface area is 109 Å². The highest BCUT2D eigenvalue weighted by Gasteiger charge is 2.33. The molecule has 2 atom stereocenters. The molecule has 1 aromatic carbocycles. The summed E-state index contributed by atoms with van der Waals surface area (Å²) in [5.74, 6) is 2.20. The van der Waals surface area contributed by atoms with Gasteiger partial charge in [0.1, 0.15) is 5.75 Å². The van der Waals surface area contributed by atoms with Gasteiger partial charge in [0.25, 0.3) is 0 Å². The van der Waals surface area contributed by atoms with E-state index in [9.17, 15) is 5.11 Å². The smallest absolute Gasteiger partial charge is 0.127 e. The van der Waals surface area contributed by atoms with E-state index < -0.39 is 0 Å². The number of phenolic OH excluding ortho intramolecular Hbond substituents is 1. The van der Waals surface area contributed by atoms with Crippen LogP contribution in [0, 0.1) is 18.8 Å². The minimum Gasteiger partial charge on any atom is -0.507 e. The van der Waals surface area contributed by atoms with Gasteiger partial charge in [0.05, 0.1) is 6.04 Å². The highest BCUT2D eigenvalue weighted by Crippen LogP contribution is 2.42. The third-order valence-corrected chi connectivity index (χ3v) is 4.55. The second-order valence-electron chi connectivity index (χ2n) is 5.96. The van der Waals surface area contributed by atoms with E-state index in [2.05, 4.69) is 0 Å². The second-order valence-corrected chi connectivity index (χ2v) is 5.96. The Bertz CT molecular complexity index is 454. The third kappa shape index (κ3) is 2.29. The Kier molecular flexibility index (Phi) is 3.11.